The normalized spacial score (nSPS) is 10.6. The molecule has 0 bridgehead atoms. The molecule has 1 rings (SSSR count). The summed E-state index contributed by atoms with van der Waals surface area (Å²) in [5.74, 6) is 0.199. The number of benzene rings is 1. The molecule has 0 spiro atoms. The molecule has 0 unspecified atom stereocenters. The first-order valence-electron chi connectivity index (χ1n) is 6.63. The van der Waals surface area contributed by atoms with E-state index in [9.17, 15) is 4.79 Å². The predicted molar refractivity (Wildman–Crippen MR) is 104 cm³/mol. The molecule has 0 radical (unpaired) electrons. The Labute approximate surface area is 153 Å². The molecule has 0 aliphatic carbocycles. The average molecular weight is 437 g/mol. The first-order valence-corrected chi connectivity index (χ1v) is 7.01. The zero-order valence-corrected chi connectivity index (χ0v) is 15.9. The van der Waals surface area contributed by atoms with E-state index in [1.807, 2.05) is 19.9 Å². The lowest BCUT2D eigenvalue weighted by molar-refractivity contribution is -0.116. The van der Waals surface area contributed by atoms with Gasteiger partial charge >= 0.3 is 0 Å². The monoisotopic (exact) mass is 436 g/mol. The Morgan fingerprint density at radius 1 is 1.45 bits per heavy atom. The van der Waals surface area contributed by atoms with E-state index < -0.39 is 0 Å². The van der Waals surface area contributed by atoms with Crippen LogP contribution in [-0.4, -0.2) is 25.0 Å². The second kappa shape index (κ2) is 10.4. The van der Waals surface area contributed by atoms with E-state index >= 15 is 0 Å². The van der Waals surface area contributed by atoms with Crippen molar-refractivity contribution in [3.05, 3.63) is 40.9 Å². The van der Waals surface area contributed by atoms with E-state index in [1.165, 1.54) is 0 Å². The van der Waals surface area contributed by atoms with Crippen LogP contribution in [0.1, 0.15) is 18.9 Å². The van der Waals surface area contributed by atoms with E-state index in [0.29, 0.717) is 24.1 Å². The molecule has 0 aliphatic heterocycles. The lowest BCUT2D eigenvalue weighted by atomic mass is 10.2. The van der Waals surface area contributed by atoms with Crippen LogP contribution < -0.4 is 16.4 Å². The molecule has 0 aliphatic rings. The van der Waals surface area contributed by atoms with Crippen LogP contribution in [0.25, 0.3) is 0 Å². The van der Waals surface area contributed by atoms with Gasteiger partial charge in [0.1, 0.15) is 0 Å². The fourth-order valence-electron chi connectivity index (χ4n) is 1.54. The lowest BCUT2D eigenvalue weighted by Crippen LogP contribution is -2.34. The van der Waals surface area contributed by atoms with Crippen LogP contribution in [0.5, 0.6) is 0 Å². The quantitative estimate of drug-likeness (QED) is 0.277. The molecule has 1 aromatic carbocycles. The van der Waals surface area contributed by atoms with Crippen molar-refractivity contribution >= 4 is 53.1 Å². The molecule has 22 heavy (non-hydrogen) atoms. The van der Waals surface area contributed by atoms with Crippen molar-refractivity contribution < 1.29 is 4.79 Å². The highest BCUT2D eigenvalue weighted by atomic mass is 127. The van der Waals surface area contributed by atoms with Gasteiger partial charge in [0, 0.05) is 23.7 Å². The lowest BCUT2D eigenvalue weighted by Gasteiger charge is -2.10. The number of hydrogen-bond donors (Lipinski definition) is 3. The van der Waals surface area contributed by atoms with Crippen LogP contribution in [0.2, 0.25) is 5.02 Å². The maximum atomic E-state index is 11.8. The number of amides is 1. The zero-order valence-electron chi connectivity index (χ0n) is 12.8. The van der Waals surface area contributed by atoms with E-state index in [1.54, 1.807) is 12.1 Å². The highest BCUT2D eigenvalue weighted by Gasteiger charge is 2.06. The van der Waals surface area contributed by atoms with Crippen LogP contribution in [0.3, 0.4) is 0 Å². The van der Waals surface area contributed by atoms with Gasteiger partial charge in [-0.15, -0.1) is 24.0 Å². The smallest absolute Gasteiger partial charge is 0.226 e. The van der Waals surface area contributed by atoms with Crippen molar-refractivity contribution in [2.45, 2.75) is 20.3 Å². The molecule has 0 aromatic heterocycles. The summed E-state index contributed by atoms with van der Waals surface area (Å²) in [6.45, 7) is 8.36. The van der Waals surface area contributed by atoms with Crippen molar-refractivity contribution in [1.29, 1.82) is 0 Å². The molecule has 1 amide bonds. The summed E-state index contributed by atoms with van der Waals surface area (Å²) in [6, 6.07) is 5.40. The molecule has 0 saturated heterocycles. The van der Waals surface area contributed by atoms with E-state index in [2.05, 4.69) is 22.2 Å². The number of halogens is 2. The van der Waals surface area contributed by atoms with Gasteiger partial charge in [-0.1, -0.05) is 29.8 Å². The highest BCUT2D eigenvalue weighted by Crippen LogP contribution is 2.22. The summed E-state index contributed by atoms with van der Waals surface area (Å²) in [5.41, 5.74) is 8.15. The number of carbonyl (C=O) groups excluding carboxylic acids is 1. The summed E-state index contributed by atoms with van der Waals surface area (Å²) in [7, 11) is 0. The Kier molecular flexibility index (Phi) is 9.84. The number of anilines is 1. The SMILES string of the molecule is C=C(C)CN=C(N)NCCC(=O)Nc1cccc(Cl)c1C.I. The van der Waals surface area contributed by atoms with Crippen LogP contribution in [0.4, 0.5) is 5.69 Å². The molecule has 5 nitrogen and oxygen atoms in total. The second-order valence-corrected chi connectivity index (χ2v) is 5.20. The van der Waals surface area contributed by atoms with Gasteiger partial charge in [0.15, 0.2) is 5.96 Å². The number of nitrogens with zero attached hydrogens (tertiary/aromatic N) is 1. The first kappa shape index (κ1) is 20.7. The fraction of sp³-hybridized carbons (Fsp3) is 0.333. The summed E-state index contributed by atoms with van der Waals surface area (Å²) >= 11 is 6.00. The third-order valence-electron chi connectivity index (χ3n) is 2.72. The molecule has 7 heteroatoms. The Morgan fingerprint density at radius 2 is 2.14 bits per heavy atom. The van der Waals surface area contributed by atoms with Gasteiger partial charge in [-0.3, -0.25) is 4.79 Å². The zero-order chi connectivity index (χ0) is 15.8. The molecule has 0 saturated carbocycles. The van der Waals surface area contributed by atoms with Crippen molar-refractivity contribution in [3.63, 3.8) is 0 Å². The summed E-state index contributed by atoms with van der Waals surface area (Å²) in [6.07, 6.45) is 0.287. The van der Waals surface area contributed by atoms with Crippen LogP contribution >= 0.6 is 35.6 Å². The number of nitrogens with two attached hydrogens (primary N) is 1. The largest absolute Gasteiger partial charge is 0.370 e. The number of hydrogen-bond acceptors (Lipinski definition) is 2. The molecular weight excluding hydrogens is 415 g/mol. The Hall–Kier alpha value is -1.28. The molecule has 1 aromatic rings. The molecule has 0 fully saturated rings. The minimum absolute atomic E-state index is 0. The summed E-state index contributed by atoms with van der Waals surface area (Å²) in [4.78, 5) is 15.9. The fourth-order valence-corrected chi connectivity index (χ4v) is 1.71. The van der Waals surface area contributed by atoms with Gasteiger partial charge in [0.2, 0.25) is 5.91 Å². The number of guanidine groups is 1. The van der Waals surface area contributed by atoms with Crippen molar-refractivity contribution in [1.82, 2.24) is 5.32 Å². The van der Waals surface area contributed by atoms with Gasteiger partial charge in [0.05, 0.1) is 6.54 Å². The van der Waals surface area contributed by atoms with Gasteiger partial charge in [0.25, 0.3) is 0 Å². The minimum atomic E-state index is -0.111. The standard InChI is InChI=1S/C15H21ClN4O.HI/c1-10(2)9-19-15(17)18-8-7-14(21)20-13-6-4-5-12(16)11(13)3;/h4-6H,1,7-9H2,2-3H3,(H,20,21)(H3,17,18,19);1H. The Morgan fingerprint density at radius 3 is 2.77 bits per heavy atom. The third-order valence-corrected chi connectivity index (χ3v) is 3.13. The maximum Gasteiger partial charge on any atom is 0.226 e. The third kappa shape index (κ3) is 7.65. The number of aliphatic imine (C=N–C) groups is 1. The topological polar surface area (TPSA) is 79.5 Å². The summed E-state index contributed by atoms with van der Waals surface area (Å²) < 4.78 is 0. The second-order valence-electron chi connectivity index (χ2n) is 4.80. The molecule has 122 valence electrons. The highest BCUT2D eigenvalue weighted by molar-refractivity contribution is 14.0. The van der Waals surface area contributed by atoms with Crippen molar-refractivity contribution in [2.24, 2.45) is 10.7 Å². The van der Waals surface area contributed by atoms with Crippen LogP contribution in [0.15, 0.2) is 35.3 Å². The van der Waals surface area contributed by atoms with Gasteiger partial charge in [-0.25, -0.2) is 4.99 Å². The van der Waals surface area contributed by atoms with Gasteiger partial charge in [-0.2, -0.15) is 0 Å². The number of nitrogens with one attached hydrogen (secondary N) is 2. The van der Waals surface area contributed by atoms with Gasteiger partial charge in [-0.05, 0) is 31.5 Å². The van der Waals surface area contributed by atoms with E-state index in [0.717, 1.165) is 16.8 Å². The molecule has 0 heterocycles. The van der Waals surface area contributed by atoms with Crippen molar-refractivity contribution in [2.75, 3.05) is 18.4 Å². The van der Waals surface area contributed by atoms with Crippen LogP contribution in [0, 0.1) is 6.92 Å². The number of carbonyl (C=O) groups is 1. The minimum Gasteiger partial charge on any atom is -0.370 e. The molecule has 0 atom stereocenters. The number of rotatable bonds is 6. The summed E-state index contributed by atoms with van der Waals surface area (Å²) in [5, 5.41) is 6.32. The van der Waals surface area contributed by atoms with E-state index in [-0.39, 0.29) is 36.3 Å². The molecular formula is C15H22ClIN4O. The first-order chi connectivity index (χ1) is 9.90. The maximum absolute atomic E-state index is 11.8. The van der Waals surface area contributed by atoms with Gasteiger partial charge < -0.3 is 16.4 Å². The average Bonchev–Trinajstić information content (AvgIpc) is 2.41. The predicted octanol–water partition coefficient (Wildman–Crippen LogP) is 3.08. The Bertz CT molecular complexity index is 560. The van der Waals surface area contributed by atoms with Crippen molar-refractivity contribution in [3.8, 4) is 0 Å². The van der Waals surface area contributed by atoms with E-state index in [4.69, 9.17) is 17.3 Å². The van der Waals surface area contributed by atoms with Crippen LogP contribution in [-0.2, 0) is 4.79 Å². The molecule has 4 N–H and O–H groups in total. The Balaban J connectivity index is 0.00000441.